The highest BCUT2D eigenvalue weighted by Crippen LogP contribution is 2.20. The summed E-state index contributed by atoms with van der Waals surface area (Å²) in [7, 11) is 1.71. The third-order valence-electron chi connectivity index (χ3n) is 4.24. The van der Waals surface area contributed by atoms with Crippen molar-refractivity contribution in [2.45, 2.75) is 32.9 Å². The Bertz CT molecular complexity index is 377. The molecule has 2 unspecified atom stereocenters. The lowest BCUT2D eigenvalue weighted by Gasteiger charge is -2.39. The van der Waals surface area contributed by atoms with Crippen LogP contribution in [0, 0.1) is 5.92 Å². The number of piperazine rings is 1. The molecule has 2 rings (SSSR count). The number of nitrogens with zero attached hydrogens (tertiary/aromatic N) is 1. The van der Waals surface area contributed by atoms with Crippen LogP contribution in [0.5, 0.6) is 5.75 Å². The molecule has 106 valence electrons. The highest BCUT2D eigenvalue weighted by Gasteiger charge is 2.26. The molecule has 0 radical (unpaired) electrons. The zero-order valence-corrected chi connectivity index (χ0v) is 12.4. The maximum atomic E-state index is 5.21. The van der Waals surface area contributed by atoms with Gasteiger partial charge in [0.2, 0.25) is 0 Å². The molecule has 19 heavy (non-hydrogen) atoms. The molecule has 3 nitrogen and oxygen atoms in total. The summed E-state index contributed by atoms with van der Waals surface area (Å²) in [5.41, 5.74) is 1.37. The lowest BCUT2D eigenvalue weighted by Crippen LogP contribution is -2.53. The molecule has 0 bridgehead atoms. The Morgan fingerprint density at radius 1 is 1.37 bits per heavy atom. The number of rotatable bonds is 5. The largest absolute Gasteiger partial charge is 0.497 e. The van der Waals surface area contributed by atoms with Crippen LogP contribution < -0.4 is 10.1 Å². The second kappa shape index (κ2) is 6.92. The molecule has 1 fully saturated rings. The number of benzene rings is 1. The van der Waals surface area contributed by atoms with Crippen LogP contribution in [0.2, 0.25) is 0 Å². The van der Waals surface area contributed by atoms with Crippen LogP contribution >= 0.6 is 0 Å². The Morgan fingerprint density at radius 2 is 2.11 bits per heavy atom. The summed E-state index contributed by atoms with van der Waals surface area (Å²) >= 11 is 0. The minimum atomic E-state index is 0.654. The van der Waals surface area contributed by atoms with Crippen molar-refractivity contribution in [2.24, 2.45) is 5.92 Å². The van der Waals surface area contributed by atoms with E-state index in [0.717, 1.165) is 37.8 Å². The molecular weight excluding hydrogens is 236 g/mol. The third-order valence-corrected chi connectivity index (χ3v) is 4.24. The van der Waals surface area contributed by atoms with Crippen molar-refractivity contribution in [3.8, 4) is 5.75 Å². The molecule has 3 heteroatoms. The zero-order valence-electron chi connectivity index (χ0n) is 12.4. The molecule has 0 amide bonds. The van der Waals surface area contributed by atoms with Gasteiger partial charge in [0.05, 0.1) is 7.11 Å². The van der Waals surface area contributed by atoms with Gasteiger partial charge in [-0.05, 0) is 23.6 Å². The van der Waals surface area contributed by atoms with E-state index < -0.39 is 0 Å². The summed E-state index contributed by atoms with van der Waals surface area (Å²) < 4.78 is 5.21. The van der Waals surface area contributed by atoms with E-state index in [1.165, 1.54) is 12.0 Å². The molecule has 2 atom stereocenters. The van der Waals surface area contributed by atoms with Gasteiger partial charge in [0.1, 0.15) is 5.75 Å². The molecule has 1 N–H and O–H groups in total. The summed E-state index contributed by atoms with van der Waals surface area (Å²) in [6.07, 6.45) is 1.24. The van der Waals surface area contributed by atoms with Crippen molar-refractivity contribution in [2.75, 3.05) is 26.7 Å². The van der Waals surface area contributed by atoms with Crippen LogP contribution in [0.25, 0.3) is 0 Å². The van der Waals surface area contributed by atoms with Gasteiger partial charge in [0, 0.05) is 32.2 Å². The number of hydrogen-bond acceptors (Lipinski definition) is 3. The van der Waals surface area contributed by atoms with Crippen molar-refractivity contribution in [3.63, 3.8) is 0 Å². The van der Waals surface area contributed by atoms with Crippen LogP contribution in [-0.4, -0.2) is 37.7 Å². The van der Waals surface area contributed by atoms with Gasteiger partial charge in [0.15, 0.2) is 0 Å². The van der Waals surface area contributed by atoms with E-state index in [4.69, 9.17) is 4.74 Å². The Balaban J connectivity index is 2.01. The first-order valence-electron chi connectivity index (χ1n) is 7.32. The van der Waals surface area contributed by atoms with E-state index in [0.29, 0.717) is 6.04 Å². The SMILES string of the molecule is CCC(C)C1CNCCN1Cc1ccc(OC)cc1. The highest BCUT2D eigenvalue weighted by atomic mass is 16.5. The second-order valence-electron chi connectivity index (χ2n) is 5.48. The fraction of sp³-hybridized carbons (Fsp3) is 0.625. The molecule has 0 saturated carbocycles. The topological polar surface area (TPSA) is 24.5 Å². The van der Waals surface area contributed by atoms with Gasteiger partial charge in [-0.1, -0.05) is 32.4 Å². The van der Waals surface area contributed by atoms with Crippen molar-refractivity contribution < 1.29 is 4.74 Å². The van der Waals surface area contributed by atoms with Crippen LogP contribution in [0.1, 0.15) is 25.8 Å². The average molecular weight is 262 g/mol. The average Bonchev–Trinajstić information content (AvgIpc) is 2.48. The van der Waals surface area contributed by atoms with E-state index >= 15 is 0 Å². The lowest BCUT2D eigenvalue weighted by molar-refractivity contribution is 0.109. The number of methoxy groups -OCH3 is 1. The summed E-state index contributed by atoms with van der Waals surface area (Å²) in [5, 5.41) is 3.52. The molecule has 1 aromatic rings. The summed E-state index contributed by atoms with van der Waals surface area (Å²) in [5.74, 6) is 1.67. The molecule has 0 aromatic heterocycles. The predicted molar refractivity (Wildman–Crippen MR) is 79.5 cm³/mol. The minimum absolute atomic E-state index is 0.654. The second-order valence-corrected chi connectivity index (χ2v) is 5.48. The molecule has 1 heterocycles. The first-order valence-corrected chi connectivity index (χ1v) is 7.32. The number of ether oxygens (including phenoxy) is 1. The quantitative estimate of drug-likeness (QED) is 0.882. The third kappa shape index (κ3) is 3.71. The number of nitrogens with one attached hydrogen (secondary N) is 1. The van der Waals surface area contributed by atoms with Crippen LogP contribution in [0.3, 0.4) is 0 Å². The highest BCUT2D eigenvalue weighted by molar-refractivity contribution is 5.27. The Labute approximate surface area is 116 Å². The Hall–Kier alpha value is -1.06. The van der Waals surface area contributed by atoms with E-state index in [2.05, 4.69) is 48.3 Å². The normalized spacial score (nSPS) is 22.2. The molecule has 0 aliphatic carbocycles. The van der Waals surface area contributed by atoms with Gasteiger partial charge in [-0.25, -0.2) is 0 Å². The van der Waals surface area contributed by atoms with Gasteiger partial charge in [0.25, 0.3) is 0 Å². The summed E-state index contributed by atoms with van der Waals surface area (Å²) in [6, 6.07) is 9.11. The van der Waals surface area contributed by atoms with Gasteiger partial charge in [-0.3, -0.25) is 4.90 Å². The molecule has 1 saturated heterocycles. The smallest absolute Gasteiger partial charge is 0.118 e. The molecule has 0 spiro atoms. The van der Waals surface area contributed by atoms with Crippen molar-refractivity contribution in [1.82, 2.24) is 10.2 Å². The Morgan fingerprint density at radius 3 is 2.74 bits per heavy atom. The first-order chi connectivity index (χ1) is 9.24. The Kier molecular flexibility index (Phi) is 5.23. The monoisotopic (exact) mass is 262 g/mol. The van der Waals surface area contributed by atoms with Gasteiger partial charge in [-0.2, -0.15) is 0 Å². The minimum Gasteiger partial charge on any atom is -0.497 e. The van der Waals surface area contributed by atoms with E-state index in [9.17, 15) is 0 Å². The van der Waals surface area contributed by atoms with Gasteiger partial charge < -0.3 is 10.1 Å². The number of hydrogen-bond donors (Lipinski definition) is 1. The zero-order chi connectivity index (χ0) is 13.7. The lowest BCUT2D eigenvalue weighted by atomic mass is 9.95. The van der Waals surface area contributed by atoms with Crippen LogP contribution in [0.4, 0.5) is 0 Å². The molecular formula is C16H26N2O. The predicted octanol–water partition coefficient (Wildman–Crippen LogP) is 2.52. The van der Waals surface area contributed by atoms with Crippen molar-refractivity contribution >= 4 is 0 Å². The van der Waals surface area contributed by atoms with E-state index in [1.807, 2.05) is 0 Å². The summed E-state index contributed by atoms with van der Waals surface area (Å²) in [6.45, 7) is 9.04. The maximum absolute atomic E-state index is 5.21. The van der Waals surface area contributed by atoms with Gasteiger partial charge in [-0.15, -0.1) is 0 Å². The fourth-order valence-electron chi connectivity index (χ4n) is 2.76. The van der Waals surface area contributed by atoms with Crippen LogP contribution in [-0.2, 0) is 6.54 Å². The van der Waals surface area contributed by atoms with Gasteiger partial charge >= 0.3 is 0 Å². The molecule has 1 aliphatic heterocycles. The van der Waals surface area contributed by atoms with Crippen LogP contribution in [0.15, 0.2) is 24.3 Å². The van der Waals surface area contributed by atoms with E-state index in [-0.39, 0.29) is 0 Å². The van der Waals surface area contributed by atoms with E-state index in [1.54, 1.807) is 7.11 Å². The fourth-order valence-corrected chi connectivity index (χ4v) is 2.76. The molecule has 1 aromatic carbocycles. The van der Waals surface area contributed by atoms with Crippen molar-refractivity contribution in [1.29, 1.82) is 0 Å². The standard InChI is InChI=1S/C16H26N2O/c1-4-13(2)16-11-17-9-10-18(16)12-14-5-7-15(19-3)8-6-14/h5-8,13,16-17H,4,9-12H2,1-3H3. The summed E-state index contributed by atoms with van der Waals surface area (Å²) in [4.78, 5) is 2.62. The van der Waals surface area contributed by atoms with Crippen molar-refractivity contribution in [3.05, 3.63) is 29.8 Å². The first kappa shape index (κ1) is 14.4. The molecule has 1 aliphatic rings. The maximum Gasteiger partial charge on any atom is 0.118 e.